The molecule has 2 rings (SSSR count). The summed E-state index contributed by atoms with van der Waals surface area (Å²) in [5.41, 5.74) is 0. The van der Waals surface area contributed by atoms with Crippen molar-refractivity contribution >= 4 is 5.91 Å². The molecule has 0 bridgehead atoms. The average molecular weight is 226 g/mol. The Morgan fingerprint density at radius 1 is 1.38 bits per heavy atom. The van der Waals surface area contributed by atoms with Crippen molar-refractivity contribution in [3.63, 3.8) is 0 Å². The van der Waals surface area contributed by atoms with Crippen molar-refractivity contribution in [3.8, 4) is 0 Å². The highest BCUT2D eigenvalue weighted by Crippen LogP contribution is 2.15. The minimum atomic E-state index is 0.0788. The Morgan fingerprint density at radius 3 is 2.94 bits per heavy atom. The van der Waals surface area contributed by atoms with Crippen molar-refractivity contribution in [2.75, 3.05) is 26.7 Å². The third-order valence-electron chi connectivity index (χ3n) is 3.60. The number of carbonyl (C=O) groups is 1. The first kappa shape index (κ1) is 11.9. The fourth-order valence-electron chi connectivity index (χ4n) is 2.54. The van der Waals surface area contributed by atoms with Crippen LogP contribution in [0.4, 0.5) is 0 Å². The van der Waals surface area contributed by atoms with Crippen molar-refractivity contribution in [3.05, 3.63) is 0 Å². The Kier molecular flexibility index (Phi) is 4.18. The number of carbonyl (C=O) groups excluding carboxylic acids is 1. The normalized spacial score (nSPS) is 31.6. The summed E-state index contributed by atoms with van der Waals surface area (Å²) in [5.74, 6) is 0.178. The largest absolute Gasteiger partial charge is 0.376 e. The van der Waals surface area contributed by atoms with Crippen LogP contribution < -0.4 is 5.32 Å². The molecule has 16 heavy (non-hydrogen) atoms. The molecule has 4 nitrogen and oxygen atoms in total. The van der Waals surface area contributed by atoms with Crippen LogP contribution in [0.3, 0.4) is 0 Å². The summed E-state index contributed by atoms with van der Waals surface area (Å²) >= 11 is 0. The number of nitrogens with one attached hydrogen (secondary N) is 1. The van der Waals surface area contributed by atoms with Crippen LogP contribution in [0.5, 0.6) is 0 Å². The maximum Gasteiger partial charge on any atom is 0.237 e. The molecule has 2 aliphatic rings. The number of amides is 1. The first-order valence-electron chi connectivity index (χ1n) is 6.37. The maximum absolute atomic E-state index is 12.0. The first-order chi connectivity index (χ1) is 7.77. The van der Waals surface area contributed by atoms with Gasteiger partial charge in [0, 0.05) is 13.2 Å². The lowest BCUT2D eigenvalue weighted by molar-refractivity contribution is -0.127. The molecule has 2 fully saturated rings. The van der Waals surface area contributed by atoms with Gasteiger partial charge >= 0.3 is 0 Å². The van der Waals surface area contributed by atoms with E-state index in [1.807, 2.05) is 7.05 Å². The van der Waals surface area contributed by atoms with E-state index < -0.39 is 0 Å². The fourth-order valence-corrected chi connectivity index (χ4v) is 2.54. The molecule has 92 valence electrons. The van der Waals surface area contributed by atoms with Crippen LogP contribution in [0.15, 0.2) is 0 Å². The van der Waals surface area contributed by atoms with Crippen LogP contribution in [0.2, 0.25) is 0 Å². The summed E-state index contributed by atoms with van der Waals surface area (Å²) in [6.45, 7) is 2.57. The van der Waals surface area contributed by atoms with Gasteiger partial charge < -0.3 is 10.1 Å². The molecule has 2 atom stereocenters. The third-order valence-corrected chi connectivity index (χ3v) is 3.60. The van der Waals surface area contributed by atoms with Gasteiger partial charge in [-0.15, -0.1) is 0 Å². The summed E-state index contributed by atoms with van der Waals surface area (Å²) in [6.07, 6.45) is 5.84. The summed E-state index contributed by atoms with van der Waals surface area (Å²) in [4.78, 5) is 14.1. The topological polar surface area (TPSA) is 41.6 Å². The number of hydrogen-bond acceptors (Lipinski definition) is 3. The number of rotatable bonds is 3. The Balaban J connectivity index is 1.73. The molecule has 2 saturated heterocycles. The smallest absolute Gasteiger partial charge is 0.237 e. The third kappa shape index (κ3) is 2.95. The second-order valence-corrected chi connectivity index (χ2v) is 4.87. The van der Waals surface area contributed by atoms with Crippen LogP contribution in [0.25, 0.3) is 0 Å². The number of likely N-dealkylation sites (tertiary alicyclic amines) is 1. The monoisotopic (exact) mass is 226 g/mol. The Bertz CT molecular complexity index is 239. The predicted molar refractivity (Wildman–Crippen MR) is 62.3 cm³/mol. The lowest BCUT2D eigenvalue weighted by Crippen LogP contribution is -2.48. The molecule has 0 spiro atoms. The SMILES string of the molecule is CN1CCCCC1C(=O)NCC1CCCO1. The van der Waals surface area contributed by atoms with Gasteiger partial charge in [0.15, 0.2) is 0 Å². The van der Waals surface area contributed by atoms with Gasteiger partial charge in [-0.3, -0.25) is 9.69 Å². The van der Waals surface area contributed by atoms with Crippen molar-refractivity contribution in [1.29, 1.82) is 0 Å². The average Bonchev–Trinajstić information content (AvgIpc) is 2.79. The molecule has 0 aromatic heterocycles. The minimum absolute atomic E-state index is 0.0788. The highest BCUT2D eigenvalue weighted by atomic mass is 16.5. The summed E-state index contributed by atoms with van der Waals surface area (Å²) in [5, 5.41) is 3.02. The molecular formula is C12H22N2O2. The van der Waals surface area contributed by atoms with E-state index >= 15 is 0 Å². The number of likely N-dealkylation sites (N-methyl/N-ethyl adjacent to an activating group) is 1. The zero-order valence-electron chi connectivity index (χ0n) is 10.1. The maximum atomic E-state index is 12.0. The number of nitrogens with zero attached hydrogens (tertiary/aromatic N) is 1. The van der Waals surface area contributed by atoms with Gasteiger partial charge in [0.1, 0.15) is 0 Å². The Labute approximate surface area is 97.3 Å². The van der Waals surface area contributed by atoms with Gasteiger partial charge in [-0.25, -0.2) is 0 Å². The van der Waals surface area contributed by atoms with E-state index in [0.717, 1.165) is 32.4 Å². The summed E-state index contributed by atoms with van der Waals surface area (Å²) in [6, 6.07) is 0.0788. The van der Waals surface area contributed by atoms with Gasteiger partial charge in [0.05, 0.1) is 12.1 Å². The molecule has 2 unspecified atom stereocenters. The van der Waals surface area contributed by atoms with E-state index in [-0.39, 0.29) is 18.1 Å². The van der Waals surface area contributed by atoms with Crippen molar-refractivity contribution in [2.24, 2.45) is 0 Å². The molecule has 0 saturated carbocycles. The van der Waals surface area contributed by atoms with E-state index in [4.69, 9.17) is 4.74 Å². The summed E-state index contributed by atoms with van der Waals surface area (Å²) in [7, 11) is 2.04. The van der Waals surface area contributed by atoms with E-state index in [2.05, 4.69) is 10.2 Å². The molecule has 1 amide bonds. The van der Waals surface area contributed by atoms with Gasteiger partial charge in [-0.1, -0.05) is 6.42 Å². The van der Waals surface area contributed by atoms with Crippen LogP contribution in [0.1, 0.15) is 32.1 Å². The van der Waals surface area contributed by atoms with Crippen molar-refractivity contribution in [1.82, 2.24) is 10.2 Å². The molecule has 0 aromatic rings. The lowest BCUT2D eigenvalue weighted by Gasteiger charge is -2.31. The lowest BCUT2D eigenvalue weighted by atomic mass is 10.0. The molecule has 4 heteroatoms. The molecular weight excluding hydrogens is 204 g/mol. The zero-order valence-corrected chi connectivity index (χ0v) is 10.1. The fraction of sp³-hybridized carbons (Fsp3) is 0.917. The van der Waals surface area contributed by atoms with Crippen LogP contribution >= 0.6 is 0 Å². The van der Waals surface area contributed by atoms with Crippen LogP contribution in [-0.4, -0.2) is 49.7 Å². The van der Waals surface area contributed by atoms with E-state index in [1.165, 1.54) is 12.8 Å². The number of hydrogen-bond donors (Lipinski definition) is 1. The summed E-state index contributed by atoms with van der Waals surface area (Å²) < 4.78 is 5.49. The van der Waals surface area contributed by atoms with Crippen molar-refractivity contribution < 1.29 is 9.53 Å². The van der Waals surface area contributed by atoms with Gasteiger partial charge in [0.25, 0.3) is 0 Å². The number of piperidine rings is 1. The molecule has 1 N–H and O–H groups in total. The molecule has 0 aliphatic carbocycles. The highest BCUT2D eigenvalue weighted by Gasteiger charge is 2.26. The molecule has 2 heterocycles. The molecule has 2 aliphatic heterocycles. The van der Waals surface area contributed by atoms with Crippen LogP contribution in [-0.2, 0) is 9.53 Å². The van der Waals surface area contributed by atoms with Gasteiger partial charge in [-0.05, 0) is 39.3 Å². The Morgan fingerprint density at radius 2 is 2.25 bits per heavy atom. The van der Waals surface area contributed by atoms with Crippen LogP contribution in [0, 0.1) is 0 Å². The molecule has 0 aromatic carbocycles. The standard InChI is InChI=1S/C12H22N2O2/c1-14-7-3-2-6-11(14)12(15)13-9-10-5-4-8-16-10/h10-11H,2-9H2,1H3,(H,13,15). The van der Waals surface area contributed by atoms with Crippen molar-refractivity contribution in [2.45, 2.75) is 44.2 Å². The molecule has 0 radical (unpaired) electrons. The van der Waals surface area contributed by atoms with E-state index in [9.17, 15) is 4.79 Å². The predicted octanol–water partition coefficient (Wildman–Crippen LogP) is 0.766. The highest BCUT2D eigenvalue weighted by molar-refractivity contribution is 5.81. The zero-order chi connectivity index (χ0) is 11.4. The van der Waals surface area contributed by atoms with Gasteiger partial charge in [0.2, 0.25) is 5.91 Å². The quantitative estimate of drug-likeness (QED) is 0.772. The second kappa shape index (κ2) is 5.64. The second-order valence-electron chi connectivity index (χ2n) is 4.87. The van der Waals surface area contributed by atoms with Gasteiger partial charge in [-0.2, -0.15) is 0 Å². The first-order valence-corrected chi connectivity index (χ1v) is 6.37. The minimum Gasteiger partial charge on any atom is -0.376 e. The van der Waals surface area contributed by atoms with E-state index in [0.29, 0.717) is 6.54 Å². The Hall–Kier alpha value is -0.610. The number of ether oxygens (including phenoxy) is 1. The van der Waals surface area contributed by atoms with E-state index in [1.54, 1.807) is 0 Å².